The van der Waals surface area contributed by atoms with E-state index in [-0.39, 0.29) is 4.90 Å². The lowest BCUT2D eigenvalue weighted by atomic mass is 10.2. The Bertz CT molecular complexity index is 1330. The number of nitrogens with one attached hydrogen (secondary N) is 2. The van der Waals surface area contributed by atoms with E-state index in [0.29, 0.717) is 79.5 Å². The predicted octanol–water partition coefficient (Wildman–Crippen LogP) is 1.82. The van der Waals surface area contributed by atoms with E-state index in [4.69, 9.17) is 4.74 Å². The number of aromatic amines is 1. The molecule has 0 aliphatic carbocycles. The van der Waals surface area contributed by atoms with Crippen molar-refractivity contribution in [3.63, 3.8) is 0 Å². The van der Waals surface area contributed by atoms with Crippen molar-refractivity contribution >= 4 is 22.1 Å². The maximum absolute atomic E-state index is 13.3. The van der Waals surface area contributed by atoms with E-state index in [0.717, 1.165) is 12.7 Å². The molecule has 0 saturated heterocycles. The van der Waals surface area contributed by atoms with Gasteiger partial charge in [-0.1, -0.05) is 6.92 Å². The summed E-state index contributed by atoms with van der Waals surface area (Å²) < 4.78 is 35.7. The summed E-state index contributed by atoms with van der Waals surface area (Å²) in [5, 5.41) is 11.8. The number of carbonyl (C=O) groups is 1. The van der Waals surface area contributed by atoms with E-state index in [2.05, 4.69) is 25.5 Å². The van der Waals surface area contributed by atoms with Crippen LogP contribution in [0.3, 0.4) is 0 Å². The van der Waals surface area contributed by atoms with E-state index in [1.54, 1.807) is 25.2 Å². The zero-order valence-electron chi connectivity index (χ0n) is 21.0. The lowest BCUT2D eigenvalue weighted by Gasteiger charge is -2.20. The number of sulfonamides is 1. The van der Waals surface area contributed by atoms with Gasteiger partial charge in [-0.25, -0.2) is 13.4 Å². The second-order valence-electron chi connectivity index (χ2n) is 8.85. The first-order valence-corrected chi connectivity index (χ1v) is 13.3. The summed E-state index contributed by atoms with van der Waals surface area (Å²) in [7, 11) is 1.65. The monoisotopic (exact) mass is 516 g/mol. The summed E-state index contributed by atoms with van der Waals surface area (Å²) in [6.07, 6.45) is 2.51. The zero-order chi connectivity index (χ0) is 25.9. The molecule has 0 amide bonds. The molecule has 13 heteroatoms. The van der Waals surface area contributed by atoms with Crippen molar-refractivity contribution in [2.75, 3.05) is 46.2 Å². The number of hydrogen-bond donors (Lipinski definition) is 2. The second kappa shape index (κ2) is 10.8. The molecule has 3 aromatic rings. The molecule has 2 N–H and O–H groups in total. The molecule has 1 aromatic carbocycles. The molecule has 0 radical (unpaired) electrons. The number of rotatable bonds is 12. The Balaban J connectivity index is 1.73. The molecule has 1 aliphatic rings. The molecule has 194 valence electrons. The summed E-state index contributed by atoms with van der Waals surface area (Å²) in [6, 6.07) is 4.83. The number of ether oxygens (including phenoxy) is 1. The number of anilines is 1. The molecule has 0 saturated carbocycles. The van der Waals surface area contributed by atoms with Gasteiger partial charge >= 0.3 is 0 Å². The number of nitrogens with zero attached hydrogens (tertiary/aromatic N) is 6. The molecule has 0 unspecified atom stereocenters. The Kier molecular flexibility index (Phi) is 7.71. The van der Waals surface area contributed by atoms with Gasteiger partial charge in [-0.3, -0.25) is 4.57 Å². The third kappa shape index (κ3) is 5.13. The van der Waals surface area contributed by atoms with Crippen molar-refractivity contribution < 1.29 is 17.9 Å². The smallest absolute Gasteiger partial charge is 0.242 e. The number of imidazole rings is 1. The first kappa shape index (κ1) is 25.8. The molecular formula is C23H32N8O4S. The van der Waals surface area contributed by atoms with Gasteiger partial charge < -0.3 is 24.7 Å². The zero-order valence-corrected chi connectivity index (χ0v) is 21.8. The third-order valence-electron chi connectivity index (χ3n) is 5.88. The molecule has 4 rings (SSSR count). The topological polar surface area (TPSA) is 138 Å². The van der Waals surface area contributed by atoms with Crippen LogP contribution in [-0.4, -0.2) is 89.5 Å². The van der Waals surface area contributed by atoms with E-state index < -0.39 is 10.0 Å². The van der Waals surface area contributed by atoms with Gasteiger partial charge in [-0.05, 0) is 38.7 Å². The Hall–Kier alpha value is -3.29. The number of likely N-dealkylation sites (N-methyl/N-ethyl adjacent to an activating group) is 2. The molecule has 0 spiro atoms. The minimum absolute atomic E-state index is 0.157. The number of carbonyl (C=O) groups excluding carboxylic acids is 1. The average molecular weight is 517 g/mol. The van der Waals surface area contributed by atoms with Crippen LogP contribution in [0, 0.1) is 0 Å². The Morgan fingerprint density at radius 3 is 2.72 bits per heavy atom. The van der Waals surface area contributed by atoms with E-state index in [1.807, 2.05) is 30.5 Å². The van der Waals surface area contributed by atoms with Crippen molar-refractivity contribution in [2.45, 2.75) is 37.8 Å². The van der Waals surface area contributed by atoms with Crippen LogP contribution >= 0.6 is 0 Å². The summed E-state index contributed by atoms with van der Waals surface area (Å²) in [4.78, 5) is 20.8. The van der Waals surface area contributed by atoms with Crippen molar-refractivity contribution in [3.8, 4) is 28.7 Å². The number of H-pyrrole nitrogens is 1. The summed E-state index contributed by atoms with van der Waals surface area (Å²) in [6.45, 7) is 3.86. The molecule has 0 atom stereocenters. The van der Waals surface area contributed by atoms with Crippen molar-refractivity contribution in [1.29, 1.82) is 0 Å². The van der Waals surface area contributed by atoms with Gasteiger partial charge in [0.25, 0.3) is 0 Å². The maximum atomic E-state index is 13.3. The van der Waals surface area contributed by atoms with Crippen molar-refractivity contribution in [3.05, 3.63) is 24.0 Å². The number of aromatic nitrogens is 5. The highest BCUT2D eigenvalue weighted by Gasteiger charge is 2.27. The maximum Gasteiger partial charge on any atom is 0.242 e. The first-order valence-electron chi connectivity index (χ1n) is 11.8. The molecule has 2 aromatic heterocycles. The van der Waals surface area contributed by atoms with E-state index in [1.165, 1.54) is 4.31 Å². The number of aldehydes is 1. The van der Waals surface area contributed by atoms with Crippen LogP contribution in [0.2, 0.25) is 0 Å². The molecule has 0 bridgehead atoms. The lowest BCUT2D eigenvalue weighted by molar-refractivity contribution is -0.107. The Morgan fingerprint density at radius 1 is 1.19 bits per heavy atom. The Labute approximate surface area is 210 Å². The lowest BCUT2D eigenvalue weighted by Crippen LogP contribution is -2.33. The molecule has 0 fully saturated rings. The van der Waals surface area contributed by atoms with Gasteiger partial charge in [-0.15, -0.1) is 10.2 Å². The summed E-state index contributed by atoms with van der Waals surface area (Å²) >= 11 is 0. The van der Waals surface area contributed by atoms with Crippen LogP contribution in [0.15, 0.2) is 23.1 Å². The van der Waals surface area contributed by atoms with E-state index in [9.17, 15) is 13.2 Å². The van der Waals surface area contributed by atoms with Crippen molar-refractivity contribution in [2.24, 2.45) is 0 Å². The highest BCUT2D eigenvalue weighted by Crippen LogP contribution is 2.37. The van der Waals surface area contributed by atoms with Gasteiger partial charge in [0.15, 0.2) is 11.6 Å². The summed E-state index contributed by atoms with van der Waals surface area (Å²) in [5.74, 6) is 2.88. The predicted molar refractivity (Wildman–Crippen MR) is 135 cm³/mol. The Morgan fingerprint density at radius 2 is 2.00 bits per heavy atom. The molecular weight excluding hydrogens is 484 g/mol. The highest BCUT2D eigenvalue weighted by atomic mass is 32.2. The van der Waals surface area contributed by atoms with Crippen molar-refractivity contribution in [1.82, 2.24) is 33.9 Å². The van der Waals surface area contributed by atoms with Crippen LogP contribution in [0.5, 0.6) is 5.75 Å². The third-order valence-corrected chi connectivity index (χ3v) is 7.74. The van der Waals surface area contributed by atoms with Gasteiger partial charge in [0.2, 0.25) is 10.0 Å². The largest absolute Gasteiger partial charge is 0.493 e. The van der Waals surface area contributed by atoms with Crippen LogP contribution in [-0.2, 0) is 27.9 Å². The van der Waals surface area contributed by atoms with Crippen LogP contribution in [0.4, 0.5) is 5.82 Å². The van der Waals surface area contributed by atoms with Gasteiger partial charge in [0.1, 0.15) is 29.4 Å². The van der Waals surface area contributed by atoms with Gasteiger partial charge in [0, 0.05) is 33.0 Å². The van der Waals surface area contributed by atoms with Crippen LogP contribution in [0.25, 0.3) is 22.9 Å². The molecule has 1 aliphatic heterocycles. The van der Waals surface area contributed by atoms with E-state index >= 15 is 0 Å². The van der Waals surface area contributed by atoms with Gasteiger partial charge in [0.05, 0.1) is 23.7 Å². The summed E-state index contributed by atoms with van der Waals surface area (Å²) in [5.41, 5.74) is 1.17. The average Bonchev–Trinajstić information content (AvgIpc) is 3.48. The second-order valence-corrected chi connectivity index (χ2v) is 10.9. The number of fused-ring (bicyclic) bond motifs is 3. The fraction of sp³-hybridized carbons (Fsp3) is 0.478. The number of aryl methyl sites for hydroxylation is 1. The first-order chi connectivity index (χ1) is 17.3. The fourth-order valence-electron chi connectivity index (χ4n) is 3.84. The number of benzene rings is 1. The minimum Gasteiger partial charge on any atom is -0.493 e. The molecule has 12 nitrogen and oxygen atoms in total. The standard InChI is InChI=1S/C23H32N8O4S/c1-5-13-35-18-9-8-16(36(33,34)30(4)11-10-29(2)3)14-17(18)21-25-20-22(26-21)24-15-31-19(7-6-12-32)27-28-23(20)31/h8-9,12,14,24H,5-7,10-11,13,15H2,1-4H3,(H,25,26). The highest BCUT2D eigenvalue weighted by molar-refractivity contribution is 7.89. The fourth-order valence-corrected chi connectivity index (χ4v) is 5.03. The normalized spacial score (nSPS) is 12.9. The van der Waals surface area contributed by atoms with Crippen LogP contribution in [0.1, 0.15) is 25.6 Å². The molecule has 3 heterocycles. The SMILES string of the molecule is CCCOc1ccc(S(=O)(=O)N(C)CCN(C)C)cc1-c1nc2c([nH]1)-c1nnc(CCC=O)n1CN2. The van der Waals surface area contributed by atoms with Crippen LogP contribution < -0.4 is 10.1 Å². The molecule has 36 heavy (non-hydrogen) atoms. The quantitative estimate of drug-likeness (QED) is 0.345. The number of hydrogen-bond acceptors (Lipinski definition) is 9. The minimum atomic E-state index is -3.72. The van der Waals surface area contributed by atoms with Gasteiger partial charge in [-0.2, -0.15) is 4.31 Å².